The van der Waals surface area contributed by atoms with Crippen molar-refractivity contribution in [2.45, 2.75) is 117 Å². The SMILES string of the molecule is CC(C)(C)c1cc(-c2ccccc2)c(O)c(-c2nc(-c3ccccc3)cs2)c1.COc1ccc(-c2csc(-c3cc(C(C)(C)C)cc(-c4ccccc4)c3O)n2)cc1OC.CSc1ccccc1-c1csc(-c2cc(C(C)(C)C)cc(-c3ccccc3)c2O)n1.Cc1cccc(-c2csc(-c3cc(C(C)(C)C)cc(-c4ccccc4)c3O)n2)c1. The van der Waals surface area contributed by atoms with Crippen LogP contribution >= 0.6 is 57.1 Å². The zero-order chi connectivity index (χ0) is 84.5. The van der Waals surface area contributed by atoms with Crippen LogP contribution in [-0.2, 0) is 21.7 Å². The fraction of sp³-hybridized carbons (Fsp3) is 0.192. The molecule has 0 radical (unpaired) electrons. The zero-order valence-electron chi connectivity index (χ0n) is 70.1. The first-order valence-electron chi connectivity index (χ1n) is 39.5. The summed E-state index contributed by atoms with van der Waals surface area (Å²) in [4.78, 5) is 20.7. The third kappa shape index (κ3) is 20.0. The number of thiazole rings is 4. The minimum Gasteiger partial charge on any atom is -0.507 e. The second-order valence-corrected chi connectivity index (χ2v) is 37.6. The fourth-order valence-corrected chi connectivity index (χ4v) is 17.6. The first-order valence-corrected chi connectivity index (χ1v) is 44.2. The van der Waals surface area contributed by atoms with E-state index in [1.165, 1.54) is 38.5 Å². The van der Waals surface area contributed by atoms with Crippen LogP contribution < -0.4 is 9.47 Å². The lowest BCUT2D eigenvalue weighted by molar-refractivity contribution is 0.355. The number of phenols is 4. The Balaban J connectivity index is 0.000000137. The van der Waals surface area contributed by atoms with E-state index in [4.69, 9.17) is 29.4 Å². The Morgan fingerprint density at radius 2 is 0.546 bits per heavy atom. The Morgan fingerprint density at radius 3 is 0.866 bits per heavy atom. The summed E-state index contributed by atoms with van der Waals surface area (Å²) in [5, 5.41) is 56.3. The van der Waals surface area contributed by atoms with Gasteiger partial charge in [0.05, 0.1) is 59.2 Å². The van der Waals surface area contributed by atoms with Gasteiger partial charge in [-0.3, -0.25) is 0 Å². The number of aromatic hydroxyl groups is 4. The second-order valence-electron chi connectivity index (χ2n) is 33.3. The molecule has 0 unspecified atom stereocenters. The van der Waals surface area contributed by atoms with Gasteiger partial charge < -0.3 is 29.9 Å². The Kier molecular flexibility index (Phi) is 26.3. The van der Waals surface area contributed by atoms with E-state index < -0.39 is 0 Å². The average molecular weight is 1660 g/mol. The Morgan fingerprint density at radius 1 is 0.269 bits per heavy atom. The smallest absolute Gasteiger partial charge is 0.161 e. The van der Waals surface area contributed by atoms with Crippen molar-refractivity contribution in [1.82, 2.24) is 19.9 Å². The topological polar surface area (TPSA) is 151 Å². The van der Waals surface area contributed by atoms with Gasteiger partial charge in [-0.25, -0.2) is 19.9 Å². The first kappa shape index (κ1) is 85.2. The van der Waals surface area contributed by atoms with E-state index in [2.05, 4.69) is 209 Å². The average Bonchev–Trinajstić information content (AvgIpc) is 1.01. The van der Waals surface area contributed by atoms with Crippen LogP contribution in [0.15, 0.2) is 293 Å². The van der Waals surface area contributed by atoms with Gasteiger partial charge in [0.15, 0.2) is 11.5 Å². The number of phenolic OH excluding ortho intramolecular Hbond substituents is 4. The standard InChI is InChI=1S/C27H27NO3S.C26H25NOS2.C26H25NOS.C25H23NOS/c1-27(2,3)19-14-20(17-9-7-6-8-10-17)25(29)21(15-19)26-28-22(16-32-26)18-11-12-23(30-4)24(13-18)31-5;1-26(2,3)18-14-20(17-10-6-5-7-11-17)24(28)21(15-18)25-27-22(16-30-25)19-12-8-9-13-23(19)29-4;1-17-9-8-12-19(13-17)23-16-29-25(27-23)22-15-20(26(2,3)4)14-21(24(22)28)18-10-6-5-7-11-18;1-25(2,3)19-14-20(17-10-6-4-7-11-17)23(27)21(15-19)24-26-22(16-28-24)18-12-8-5-9-13-18/h6-16,29H,1-5H3;5-16,28H,1-4H3;5-16,28H,1-4H3;4-16,27H,1-3H3. The zero-order valence-corrected chi connectivity index (χ0v) is 74.2. The summed E-state index contributed by atoms with van der Waals surface area (Å²) in [5.74, 6) is 2.44. The van der Waals surface area contributed by atoms with Gasteiger partial charge in [-0.1, -0.05) is 277 Å². The number of methoxy groups -OCH3 is 2. The van der Waals surface area contributed by atoms with Crippen molar-refractivity contribution in [3.8, 4) is 166 Å². The monoisotopic (exact) mass is 1660 g/mol. The third-order valence-electron chi connectivity index (χ3n) is 20.6. The molecule has 0 saturated carbocycles. The molecule has 602 valence electrons. The molecule has 0 amide bonds. The van der Waals surface area contributed by atoms with Crippen LogP contribution in [0.1, 0.15) is 111 Å². The Labute approximate surface area is 721 Å². The van der Waals surface area contributed by atoms with Crippen molar-refractivity contribution in [2.75, 3.05) is 20.5 Å². The highest BCUT2D eigenvalue weighted by Gasteiger charge is 2.28. The number of benzene rings is 12. The molecule has 16 aromatic rings. The summed E-state index contributed by atoms with van der Waals surface area (Å²) in [6.07, 6.45) is 2.08. The molecule has 16 rings (SSSR count). The van der Waals surface area contributed by atoms with Crippen LogP contribution in [0, 0.1) is 6.92 Å². The van der Waals surface area contributed by atoms with Gasteiger partial charge in [-0.05, 0) is 158 Å². The molecule has 0 saturated heterocycles. The van der Waals surface area contributed by atoms with Crippen molar-refractivity contribution in [3.63, 3.8) is 0 Å². The van der Waals surface area contributed by atoms with E-state index in [1.54, 1.807) is 60.0 Å². The lowest BCUT2D eigenvalue weighted by Gasteiger charge is -2.22. The maximum Gasteiger partial charge on any atom is 0.161 e. The van der Waals surface area contributed by atoms with Gasteiger partial charge in [0.1, 0.15) is 43.0 Å². The molecule has 0 fully saturated rings. The fourth-order valence-electron chi connectivity index (χ4n) is 13.6. The van der Waals surface area contributed by atoms with Gasteiger partial charge in [-0.15, -0.1) is 57.1 Å². The largest absolute Gasteiger partial charge is 0.507 e. The van der Waals surface area contributed by atoms with E-state index in [-0.39, 0.29) is 44.7 Å². The molecule has 0 spiro atoms. The van der Waals surface area contributed by atoms with Crippen LogP contribution in [0.5, 0.6) is 34.5 Å². The van der Waals surface area contributed by atoms with Gasteiger partial charge in [0.2, 0.25) is 0 Å². The number of thioether (sulfide) groups is 1. The molecule has 0 bridgehead atoms. The molecule has 0 aliphatic heterocycles. The number of nitrogens with zero attached hydrogens (tertiary/aromatic N) is 4. The molecule has 0 atom stereocenters. The first-order chi connectivity index (χ1) is 56.9. The molecular formula is C104H100N4O6S5. The highest BCUT2D eigenvalue weighted by Crippen LogP contribution is 2.50. The summed E-state index contributed by atoms with van der Waals surface area (Å²) < 4.78 is 10.8. The lowest BCUT2D eigenvalue weighted by Crippen LogP contribution is -2.11. The van der Waals surface area contributed by atoms with Crippen molar-refractivity contribution in [3.05, 3.63) is 316 Å². The molecule has 0 aliphatic rings. The molecule has 12 aromatic carbocycles. The predicted octanol–water partition coefficient (Wildman–Crippen LogP) is 29.6. The van der Waals surface area contributed by atoms with Crippen LogP contribution in [0.4, 0.5) is 0 Å². The number of aromatic nitrogens is 4. The van der Waals surface area contributed by atoms with E-state index in [1.807, 2.05) is 175 Å². The molecule has 119 heavy (non-hydrogen) atoms. The molecule has 0 aliphatic carbocycles. The molecule has 4 heterocycles. The second kappa shape index (κ2) is 36.7. The quantitative estimate of drug-likeness (QED) is 0.0726. The van der Waals surface area contributed by atoms with Gasteiger partial charge in [0.25, 0.3) is 0 Å². The summed E-state index contributed by atoms with van der Waals surface area (Å²) >= 11 is 7.94. The van der Waals surface area contributed by atoms with Gasteiger partial charge in [-0.2, -0.15) is 0 Å². The third-order valence-corrected chi connectivity index (χ3v) is 24.9. The van der Waals surface area contributed by atoms with E-state index in [0.29, 0.717) is 11.5 Å². The maximum atomic E-state index is 11.2. The number of ether oxygens (including phenoxy) is 2. The minimum atomic E-state index is -0.0740. The van der Waals surface area contributed by atoms with Crippen LogP contribution in [0.3, 0.4) is 0 Å². The Hall–Kier alpha value is -11.7. The maximum absolute atomic E-state index is 11.2. The summed E-state index contributed by atoms with van der Waals surface area (Å²) in [7, 11) is 3.24. The number of hydrogen-bond donors (Lipinski definition) is 4. The molecule has 15 heteroatoms. The van der Waals surface area contributed by atoms with E-state index >= 15 is 0 Å². The van der Waals surface area contributed by atoms with Crippen LogP contribution in [0.2, 0.25) is 0 Å². The molecular weight excluding hydrogens is 1560 g/mol. The van der Waals surface area contributed by atoms with Crippen molar-refractivity contribution in [1.29, 1.82) is 0 Å². The minimum absolute atomic E-state index is 0.0362. The summed E-state index contributed by atoms with van der Waals surface area (Å²) in [6.45, 7) is 28.3. The molecule has 4 aromatic heterocycles. The number of rotatable bonds is 15. The van der Waals surface area contributed by atoms with E-state index in [9.17, 15) is 20.4 Å². The predicted molar refractivity (Wildman–Crippen MR) is 505 cm³/mol. The summed E-state index contributed by atoms with van der Waals surface area (Å²) in [6, 6.07) is 89.4. The van der Waals surface area contributed by atoms with E-state index in [0.717, 1.165) is 137 Å². The highest BCUT2D eigenvalue weighted by atomic mass is 32.2. The van der Waals surface area contributed by atoms with Gasteiger partial charge >= 0.3 is 0 Å². The van der Waals surface area contributed by atoms with Gasteiger partial charge in [0, 0.05) is 70.9 Å². The number of aryl methyl sites for hydroxylation is 1. The highest BCUT2D eigenvalue weighted by molar-refractivity contribution is 7.98. The van der Waals surface area contributed by atoms with Crippen molar-refractivity contribution >= 4 is 57.1 Å². The van der Waals surface area contributed by atoms with Crippen LogP contribution in [-0.4, -0.2) is 60.8 Å². The van der Waals surface area contributed by atoms with Crippen molar-refractivity contribution in [2.24, 2.45) is 0 Å². The van der Waals surface area contributed by atoms with Crippen LogP contribution in [0.25, 0.3) is 132 Å². The normalized spacial score (nSPS) is 11.5. The molecule has 4 N–H and O–H groups in total. The molecule has 10 nitrogen and oxygen atoms in total. The summed E-state index contributed by atoms with van der Waals surface area (Å²) in [5.41, 5.74) is 24.1. The van der Waals surface area contributed by atoms with Crippen molar-refractivity contribution < 1.29 is 29.9 Å². The number of hydrogen-bond acceptors (Lipinski definition) is 15. The lowest BCUT2D eigenvalue weighted by atomic mass is 9.83. The Bertz CT molecular complexity index is 6170.